The van der Waals surface area contributed by atoms with Crippen molar-refractivity contribution in [3.63, 3.8) is 0 Å². The van der Waals surface area contributed by atoms with Crippen molar-refractivity contribution < 1.29 is 17.6 Å². The Balaban J connectivity index is 1.89. The van der Waals surface area contributed by atoms with Gasteiger partial charge >= 0.3 is 0 Å². The van der Waals surface area contributed by atoms with Gasteiger partial charge in [0, 0.05) is 24.7 Å². The number of benzene rings is 2. The first-order valence-corrected chi connectivity index (χ1v) is 11.1. The maximum absolute atomic E-state index is 13.1. The van der Waals surface area contributed by atoms with E-state index in [2.05, 4.69) is 5.32 Å². The van der Waals surface area contributed by atoms with Crippen molar-refractivity contribution in [2.75, 3.05) is 19.4 Å². The van der Waals surface area contributed by atoms with Crippen LogP contribution in [-0.2, 0) is 10.0 Å². The van der Waals surface area contributed by atoms with Crippen LogP contribution in [0, 0.1) is 19.7 Å². The Morgan fingerprint density at radius 1 is 1.03 bits per heavy atom. The summed E-state index contributed by atoms with van der Waals surface area (Å²) < 4.78 is 39.2. The number of aryl methyl sites for hydroxylation is 1. The number of nitrogens with zero attached hydrogens (tertiary/aromatic N) is 1. The lowest BCUT2D eigenvalue weighted by atomic mass is 10.1. The molecule has 0 fully saturated rings. The Hall–Kier alpha value is -2.55. The predicted octanol–water partition coefficient (Wildman–Crippen LogP) is 4.67. The van der Waals surface area contributed by atoms with Crippen molar-refractivity contribution in [3.8, 4) is 10.4 Å². The van der Waals surface area contributed by atoms with Crippen molar-refractivity contribution in [2.24, 2.45) is 0 Å². The lowest BCUT2D eigenvalue weighted by Gasteiger charge is -2.16. The monoisotopic (exact) mass is 432 g/mol. The number of hydrogen-bond acceptors (Lipinski definition) is 4. The number of nitrogens with one attached hydrogen (secondary N) is 1. The van der Waals surface area contributed by atoms with E-state index in [1.165, 1.54) is 43.6 Å². The summed E-state index contributed by atoms with van der Waals surface area (Å²) in [7, 11) is -0.693. The average Bonchev–Trinajstić information content (AvgIpc) is 3.16. The molecule has 3 rings (SSSR count). The molecule has 0 aliphatic rings. The molecule has 152 valence electrons. The van der Waals surface area contributed by atoms with Crippen LogP contribution in [0.15, 0.2) is 53.4 Å². The number of halogens is 1. The normalized spacial score (nSPS) is 11.7. The average molecular weight is 433 g/mol. The quantitative estimate of drug-likeness (QED) is 0.637. The van der Waals surface area contributed by atoms with Crippen molar-refractivity contribution in [3.05, 3.63) is 70.4 Å². The number of sulfonamides is 1. The largest absolute Gasteiger partial charge is 0.321 e. The van der Waals surface area contributed by atoms with Gasteiger partial charge in [-0.1, -0.05) is 12.1 Å². The summed E-state index contributed by atoms with van der Waals surface area (Å²) in [4.78, 5) is 14.2. The van der Waals surface area contributed by atoms with Gasteiger partial charge in [0.1, 0.15) is 5.82 Å². The van der Waals surface area contributed by atoms with Crippen molar-refractivity contribution >= 4 is 33.0 Å². The van der Waals surface area contributed by atoms with E-state index < -0.39 is 10.0 Å². The van der Waals surface area contributed by atoms with Gasteiger partial charge in [0.25, 0.3) is 5.91 Å². The minimum absolute atomic E-state index is 0.124. The molecule has 5 nitrogen and oxygen atoms in total. The first kappa shape index (κ1) is 21.2. The second-order valence-electron chi connectivity index (χ2n) is 6.83. The molecule has 1 N–H and O–H groups in total. The van der Waals surface area contributed by atoms with Gasteiger partial charge in [0.2, 0.25) is 10.0 Å². The van der Waals surface area contributed by atoms with Crippen LogP contribution in [0.1, 0.15) is 20.8 Å². The highest BCUT2D eigenvalue weighted by Crippen LogP contribution is 2.30. The van der Waals surface area contributed by atoms with E-state index in [9.17, 15) is 17.6 Å². The molecule has 0 spiro atoms. The third-order valence-electron chi connectivity index (χ3n) is 4.63. The first-order valence-electron chi connectivity index (χ1n) is 8.80. The molecule has 0 saturated carbocycles. The molecule has 2 aromatic carbocycles. The smallest absolute Gasteiger partial charge is 0.265 e. The Morgan fingerprint density at radius 2 is 1.69 bits per heavy atom. The minimum atomic E-state index is -3.62. The highest BCUT2D eigenvalue weighted by Gasteiger charge is 2.21. The van der Waals surface area contributed by atoms with E-state index in [-0.39, 0.29) is 16.6 Å². The van der Waals surface area contributed by atoms with Gasteiger partial charge in [-0.25, -0.2) is 17.1 Å². The zero-order valence-corrected chi connectivity index (χ0v) is 18.1. The summed E-state index contributed by atoms with van der Waals surface area (Å²) in [5.74, 6) is -0.646. The molecule has 1 heterocycles. The molecule has 0 saturated heterocycles. The first-order chi connectivity index (χ1) is 13.6. The summed E-state index contributed by atoms with van der Waals surface area (Å²) in [6, 6.07) is 12.6. The zero-order chi connectivity index (χ0) is 21.3. The van der Waals surface area contributed by atoms with Crippen LogP contribution in [0.25, 0.3) is 10.4 Å². The fraction of sp³-hybridized carbons (Fsp3) is 0.190. The van der Waals surface area contributed by atoms with Gasteiger partial charge in [0.05, 0.1) is 9.77 Å². The molecule has 1 aromatic heterocycles. The Morgan fingerprint density at radius 3 is 2.31 bits per heavy atom. The van der Waals surface area contributed by atoms with Gasteiger partial charge < -0.3 is 5.32 Å². The van der Waals surface area contributed by atoms with Gasteiger partial charge in [-0.15, -0.1) is 11.3 Å². The van der Waals surface area contributed by atoms with Crippen LogP contribution >= 0.6 is 11.3 Å². The standard InChI is InChI=1S/C21H21FN2O3S2/c1-13-11-17(29(26,27)24(3)4)12-18(14(13)2)23-21(25)20-10-9-19(28-20)15-5-7-16(22)8-6-15/h5-12H,1-4H3,(H,23,25). The fourth-order valence-corrected chi connectivity index (χ4v) is 4.65. The third kappa shape index (κ3) is 4.39. The maximum Gasteiger partial charge on any atom is 0.265 e. The molecular formula is C21H21FN2O3S2. The van der Waals surface area contributed by atoms with Crippen LogP contribution < -0.4 is 5.32 Å². The van der Waals surface area contributed by atoms with Crippen molar-refractivity contribution in [2.45, 2.75) is 18.7 Å². The van der Waals surface area contributed by atoms with E-state index in [0.29, 0.717) is 10.6 Å². The summed E-state index contributed by atoms with van der Waals surface area (Å²) in [5.41, 5.74) is 2.83. The molecule has 0 radical (unpaired) electrons. The number of carbonyl (C=O) groups is 1. The number of thiophene rings is 1. The van der Waals surface area contributed by atoms with E-state index in [1.54, 1.807) is 37.3 Å². The van der Waals surface area contributed by atoms with Crippen LogP contribution in [-0.4, -0.2) is 32.7 Å². The van der Waals surface area contributed by atoms with Crippen molar-refractivity contribution in [1.82, 2.24) is 4.31 Å². The van der Waals surface area contributed by atoms with Crippen LogP contribution in [0.4, 0.5) is 10.1 Å². The molecule has 0 aliphatic carbocycles. The molecule has 1 amide bonds. The van der Waals surface area contributed by atoms with Gasteiger partial charge in [-0.2, -0.15) is 0 Å². The number of rotatable bonds is 5. The fourth-order valence-electron chi connectivity index (χ4n) is 2.73. The van der Waals surface area contributed by atoms with Crippen LogP contribution in [0.2, 0.25) is 0 Å². The lowest BCUT2D eigenvalue weighted by Crippen LogP contribution is -2.23. The highest BCUT2D eigenvalue weighted by atomic mass is 32.2. The second-order valence-corrected chi connectivity index (χ2v) is 10.1. The lowest BCUT2D eigenvalue weighted by molar-refractivity contribution is 0.103. The van der Waals surface area contributed by atoms with Gasteiger partial charge in [0.15, 0.2) is 0 Å². The summed E-state index contributed by atoms with van der Waals surface area (Å²) in [5, 5.41) is 2.82. The van der Waals surface area contributed by atoms with Crippen LogP contribution in [0.3, 0.4) is 0 Å². The summed E-state index contributed by atoms with van der Waals surface area (Å²) >= 11 is 1.28. The van der Waals surface area contributed by atoms with E-state index >= 15 is 0 Å². The molecule has 3 aromatic rings. The Labute approximate surface area is 173 Å². The molecule has 0 bridgehead atoms. The van der Waals surface area contributed by atoms with E-state index in [0.717, 1.165) is 25.9 Å². The Kier molecular flexibility index (Phi) is 5.88. The van der Waals surface area contributed by atoms with E-state index in [1.807, 2.05) is 6.92 Å². The van der Waals surface area contributed by atoms with E-state index in [4.69, 9.17) is 0 Å². The number of anilines is 1. The second kappa shape index (κ2) is 8.06. The number of amides is 1. The number of carbonyl (C=O) groups excluding carboxylic acids is 1. The topological polar surface area (TPSA) is 66.5 Å². The maximum atomic E-state index is 13.1. The molecule has 0 aliphatic heterocycles. The SMILES string of the molecule is Cc1cc(S(=O)(=O)N(C)C)cc(NC(=O)c2ccc(-c3ccc(F)cc3)s2)c1C. The molecule has 0 atom stereocenters. The molecule has 8 heteroatoms. The molecular weight excluding hydrogens is 411 g/mol. The number of hydrogen-bond donors (Lipinski definition) is 1. The Bertz CT molecular complexity index is 1170. The molecule has 0 unspecified atom stereocenters. The van der Waals surface area contributed by atoms with Crippen molar-refractivity contribution in [1.29, 1.82) is 0 Å². The summed E-state index contributed by atoms with van der Waals surface area (Å²) in [6.07, 6.45) is 0. The molecule has 29 heavy (non-hydrogen) atoms. The third-order valence-corrected chi connectivity index (χ3v) is 7.55. The zero-order valence-electron chi connectivity index (χ0n) is 16.5. The predicted molar refractivity (Wildman–Crippen MR) is 114 cm³/mol. The minimum Gasteiger partial charge on any atom is -0.321 e. The highest BCUT2D eigenvalue weighted by molar-refractivity contribution is 7.89. The van der Waals surface area contributed by atoms with Gasteiger partial charge in [-0.3, -0.25) is 4.79 Å². The van der Waals surface area contributed by atoms with Crippen LogP contribution in [0.5, 0.6) is 0 Å². The van der Waals surface area contributed by atoms with Gasteiger partial charge in [-0.05, 0) is 66.9 Å². The summed E-state index contributed by atoms with van der Waals surface area (Å²) in [6.45, 7) is 3.63.